The van der Waals surface area contributed by atoms with E-state index in [1.54, 1.807) is 6.92 Å². The maximum absolute atomic E-state index is 11.7. The molecule has 1 aliphatic heterocycles. The molecule has 3 rings (SSSR count). The third-order valence-corrected chi connectivity index (χ3v) is 6.31. The second-order valence-corrected chi connectivity index (χ2v) is 8.65. The van der Waals surface area contributed by atoms with E-state index in [-0.39, 0.29) is 11.5 Å². The first-order valence-electron chi connectivity index (χ1n) is 8.10. The van der Waals surface area contributed by atoms with Crippen molar-refractivity contribution in [2.45, 2.75) is 38.6 Å². The molecule has 22 heavy (non-hydrogen) atoms. The van der Waals surface area contributed by atoms with Crippen LogP contribution in [0.5, 0.6) is 0 Å². The summed E-state index contributed by atoms with van der Waals surface area (Å²) in [5.74, 6) is 0.455. The van der Waals surface area contributed by atoms with Gasteiger partial charge in [-0.1, -0.05) is 13.0 Å². The number of hydrogen-bond acceptors (Lipinski definition) is 3. The van der Waals surface area contributed by atoms with Crippen LogP contribution in [-0.2, 0) is 22.7 Å². The summed E-state index contributed by atoms with van der Waals surface area (Å²) in [7, 11) is -2.90. The fraction of sp³-hybridized carbons (Fsp3) is 0.529. The summed E-state index contributed by atoms with van der Waals surface area (Å²) in [5, 5.41) is 4.77. The molecule has 2 heterocycles. The van der Waals surface area contributed by atoms with Gasteiger partial charge in [-0.15, -0.1) is 0 Å². The summed E-state index contributed by atoms with van der Waals surface area (Å²) in [6.07, 6.45) is 6.22. The van der Waals surface area contributed by atoms with Crippen LogP contribution in [0.3, 0.4) is 0 Å². The highest BCUT2D eigenvalue weighted by molar-refractivity contribution is 7.91. The Labute approximate surface area is 132 Å². The standard InChI is InChI=1S/C17H24N2O2S/c1-2-22(20,21)9-7-13-5-6-17-16(10-13)14(12-19-17)11-15-4-3-8-18-15/h5-6,10,12,15,18-19H,2-4,7-9,11H2,1H3. The fourth-order valence-corrected chi connectivity index (χ4v) is 4.00. The predicted octanol–water partition coefficient (Wildman–Crippen LogP) is 2.44. The summed E-state index contributed by atoms with van der Waals surface area (Å²) in [6, 6.07) is 6.82. The molecule has 1 aliphatic rings. The lowest BCUT2D eigenvalue weighted by Crippen LogP contribution is -2.23. The monoisotopic (exact) mass is 320 g/mol. The lowest BCUT2D eigenvalue weighted by Gasteiger charge is -2.09. The van der Waals surface area contributed by atoms with Crippen molar-refractivity contribution in [3.63, 3.8) is 0 Å². The van der Waals surface area contributed by atoms with Gasteiger partial charge >= 0.3 is 0 Å². The number of fused-ring (bicyclic) bond motifs is 1. The van der Waals surface area contributed by atoms with Gasteiger partial charge in [0, 0.05) is 28.9 Å². The van der Waals surface area contributed by atoms with Crippen LogP contribution < -0.4 is 5.32 Å². The summed E-state index contributed by atoms with van der Waals surface area (Å²) < 4.78 is 23.3. The topological polar surface area (TPSA) is 62.0 Å². The number of rotatable bonds is 6. The van der Waals surface area contributed by atoms with Crippen molar-refractivity contribution in [2.75, 3.05) is 18.1 Å². The Hall–Kier alpha value is -1.33. The average molecular weight is 320 g/mol. The van der Waals surface area contributed by atoms with E-state index in [9.17, 15) is 8.42 Å². The van der Waals surface area contributed by atoms with Gasteiger partial charge in [-0.3, -0.25) is 0 Å². The first-order valence-corrected chi connectivity index (χ1v) is 9.92. The van der Waals surface area contributed by atoms with Crippen molar-refractivity contribution in [3.8, 4) is 0 Å². The third-order valence-electron chi connectivity index (χ3n) is 4.60. The van der Waals surface area contributed by atoms with Crippen molar-refractivity contribution in [1.82, 2.24) is 10.3 Å². The molecule has 0 radical (unpaired) electrons. The van der Waals surface area contributed by atoms with Crippen LogP contribution >= 0.6 is 0 Å². The number of aromatic amines is 1. The zero-order valence-electron chi connectivity index (χ0n) is 13.1. The molecule has 1 aromatic heterocycles. The van der Waals surface area contributed by atoms with E-state index < -0.39 is 9.84 Å². The molecule has 1 aromatic carbocycles. The van der Waals surface area contributed by atoms with Gasteiger partial charge in [0.25, 0.3) is 0 Å². The second kappa shape index (κ2) is 6.42. The first kappa shape index (κ1) is 15.6. The van der Waals surface area contributed by atoms with Crippen LogP contribution in [0.25, 0.3) is 10.9 Å². The fourth-order valence-electron chi connectivity index (χ4n) is 3.16. The van der Waals surface area contributed by atoms with Crippen molar-refractivity contribution in [1.29, 1.82) is 0 Å². The normalized spacial score (nSPS) is 19.0. The molecule has 120 valence electrons. The zero-order valence-corrected chi connectivity index (χ0v) is 13.9. The molecule has 0 spiro atoms. The molecule has 2 aromatic rings. The highest BCUT2D eigenvalue weighted by Crippen LogP contribution is 2.23. The van der Waals surface area contributed by atoms with Crippen LogP contribution in [0.2, 0.25) is 0 Å². The molecule has 1 saturated heterocycles. The summed E-state index contributed by atoms with van der Waals surface area (Å²) >= 11 is 0. The van der Waals surface area contributed by atoms with Crippen molar-refractivity contribution in [2.24, 2.45) is 0 Å². The Morgan fingerprint density at radius 2 is 2.18 bits per heavy atom. The zero-order chi connectivity index (χ0) is 15.6. The quantitative estimate of drug-likeness (QED) is 0.859. The van der Waals surface area contributed by atoms with E-state index in [0.717, 1.165) is 24.0 Å². The van der Waals surface area contributed by atoms with E-state index in [1.165, 1.54) is 23.8 Å². The smallest absolute Gasteiger partial charge is 0.150 e. The molecule has 1 unspecified atom stereocenters. The summed E-state index contributed by atoms with van der Waals surface area (Å²) in [5.41, 5.74) is 3.56. The van der Waals surface area contributed by atoms with Gasteiger partial charge in [-0.25, -0.2) is 8.42 Å². The van der Waals surface area contributed by atoms with Crippen LogP contribution in [0.1, 0.15) is 30.9 Å². The van der Waals surface area contributed by atoms with E-state index >= 15 is 0 Å². The molecule has 0 saturated carbocycles. The molecule has 5 heteroatoms. The Balaban J connectivity index is 1.78. The number of hydrogen-bond donors (Lipinski definition) is 2. The molecule has 0 bridgehead atoms. The molecule has 1 fully saturated rings. The summed E-state index contributed by atoms with van der Waals surface area (Å²) in [4.78, 5) is 3.33. The van der Waals surface area contributed by atoms with Crippen LogP contribution in [0, 0.1) is 0 Å². The number of benzene rings is 1. The average Bonchev–Trinajstić information content (AvgIpc) is 3.16. The van der Waals surface area contributed by atoms with E-state index in [0.29, 0.717) is 12.5 Å². The van der Waals surface area contributed by atoms with Gasteiger partial charge in [0.15, 0.2) is 0 Å². The van der Waals surface area contributed by atoms with Crippen LogP contribution in [0.4, 0.5) is 0 Å². The largest absolute Gasteiger partial charge is 0.361 e. The molecule has 4 nitrogen and oxygen atoms in total. The van der Waals surface area contributed by atoms with Gasteiger partial charge in [0.1, 0.15) is 9.84 Å². The number of aryl methyl sites for hydroxylation is 1. The summed E-state index contributed by atoms with van der Waals surface area (Å²) in [6.45, 7) is 2.82. The minimum Gasteiger partial charge on any atom is -0.361 e. The Bertz CT molecular complexity index is 743. The first-order chi connectivity index (χ1) is 10.6. The molecule has 1 atom stereocenters. The van der Waals surface area contributed by atoms with Gasteiger partial charge < -0.3 is 10.3 Å². The van der Waals surface area contributed by atoms with Crippen LogP contribution in [0.15, 0.2) is 24.4 Å². The number of nitrogens with one attached hydrogen (secondary N) is 2. The number of aromatic nitrogens is 1. The van der Waals surface area contributed by atoms with Gasteiger partial charge in [-0.2, -0.15) is 0 Å². The van der Waals surface area contributed by atoms with Gasteiger partial charge in [0.05, 0.1) is 5.75 Å². The Morgan fingerprint density at radius 3 is 2.91 bits per heavy atom. The molecule has 0 aliphatic carbocycles. The SMILES string of the molecule is CCS(=O)(=O)CCc1ccc2[nH]cc(CC3CCCN3)c2c1. The minimum atomic E-state index is -2.90. The number of H-pyrrole nitrogens is 1. The lowest BCUT2D eigenvalue weighted by molar-refractivity contribution is 0.596. The molecular formula is C17H24N2O2S. The molecule has 2 N–H and O–H groups in total. The second-order valence-electron chi connectivity index (χ2n) is 6.18. The van der Waals surface area contributed by atoms with Crippen molar-refractivity contribution in [3.05, 3.63) is 35.5 Å². The highest BCUT2D eigenvalue weighted by atomic mass is 32.2. The van der Waals surface area contributed by atoms with E-state index in [2.05, 4.69) is 28.6 Å². The lowest BCUT2D eigenvalue weighted by atomic mass is 10.0. The van der Waals surface area contributed by atoms with E-state index in [4.69, 9.17) is 0 Å². The number of sulfone groups is 1. The van der Waals surface area contributed by atoms with Crippen molar-refractivity contribution < 1.29 is 8.42 Å². The molecule has 0 amide bonds. The predicted molar refractivity (Wildman–Crippen MR) is 91.1 cm³/mol. The van der Waals surface area contributed by atoms with Gasteiger partial charge in [-0.05, 0) is 55.5 Å². The van der Waals surface area contributed by atoms with Crippen LogP contribution in [-0.4, -0.2) is 37.5 Å². The third kappa shape index (κ3) is 3.52. The van der Waals surface area contributed by atoms with Gasteiger partial charge in [0.2, 0.25) is 0 Å². The highest BCUT2D eigenvalue weighted by Gasteiger charge is 2.16. The minimum absolute atomic E-state index is 0.220. The van der Waals surface area contributed by atoms with Crippen molar-refractivity contribution >= 4 is 20.7 Å². The Kier molecular flexibility index (Phi) is 4.54. The maximum atomic E-state index is 11.7. The maximum Gasteiger partial charge on any atom is 0.150 e. The Morgan fingerprint density at radius 1 is 1.32 bits per heavy atom. The van der Waals surface area contributed by atoms with E-state index in [1.807, 2.05) is 6.07 Å². The molecular weight excluding hydrogens is 296 g/mol.